The number of sulfone groups is 1. The molecule has 8 heteroatoms. The summed E-state index contributed by atoms with van der Waals surface area (Å²) in [5.74, 6) is -0.971. The van der Waals surface area contributed by atoms with Crippen LogP contribution in [0.4, 0.5) is 5.69 Å². The van der Waals surface area contributed by atoms with E-state index in [4.69, 9.17) is 4.74 Å². The zero-order valence-corrected chi connectivity index (χ0v) is 18.2. The van der Waals surface area contributed by atoms with Gasteiger partial charge in [-0.1, -0.05) is 37.3 Å². The molecule has 0 bridgehead atoms. The van der Waals surface area contributed by atoms with Gasteiger partial charge in [0, 0.05) is 10.4 Å². The van der Waals surface area contributed by atoms with E-state index >= 15 is 0 Å². The predicted octanol–water partition coefficient (Wildman–Crippen LogP) is 4.64. The van der Waals surface area contributed by atoms with Crippen LogP contribution in [0.3, 0.4) is 0 Å². The number of hydrogen-bond donors (Lipinski definition) is 1. The van der Waals surface area contributed by atoms with Gasteiger partial charge in [0.15, 0.2) is 9.84 Å². The van der Waals surface area contributed by atoms with Crippen molar-refractivity contribution in [2.24, 2.45) is 0 Å². The van der Waals surface area contributed by atoms with E-state index in [0.29, 0.717) is 10.6 Å². The second kappa shape index (κ2) is 9.23. The fourth-order valence-electron chi connectivity index (χ4n) is 2.75. The maximum Gasteiger partial charge on any atom is 0.350 e. The maximum absolute atomic E-state index is 12.7. The highest BCUT2D eigenvalue weighted by atomic mass is 32.2. The van der Waals surface area contributed by atoms with E-state index < -0.39 is 21.7 Å². The lowest BCUT2D eigenvalue weighted by Gasteiger charge is -2.07. The smallest absolute Gasteiger partial charge is 0.350 e. The van der Waals surface area contributed by atoms with E-state index in [1.165, 1.54) is 35.6 Å². The van der Waals surface area contributed by atoms with Crippen molar-refractivity contribution in [2.45, 2.75) is 18.7 Å². The summed E-state index contributed by atoms with van der Waals surface area (Å²) in [4.78, 5) is 26.4. The molecule has 3 rings (SSSR count). The number of carbonyl (C=O) groups is 2. The van der Waals surface area contributed by atoms with Crippen LogP contribution in [0.1, 0.15) is 33.9 Å². The molecule has 0 aliphatic heterocycles. The van der Waals surface area contributed by atoms with Crippen LogP contribution in [0.5, 0.6) is 0 Å². The van der Waals surface area contributed by atoms with Gasteiger partial charge in [-0.3, -0.25) is 4.79 Å². The zero-order valence-electron chi connectivity index (χ0n) is 16.5. The minimum Gasteiger partial charge on any atom is -0.462 e. The van der Waals surface area contributed by atoms with Crippen molar-refractivity contribution in [3.05, 3.63) is 71.1 Å². The summed E-state index contributed by atoms with van der Waals surface area (Å²) in [7, 11) is -3.34. The lowest BCUT2D eigenvalue weighted by molar-refractivity contribution is 0.0533. The number of ether oxygens (including phenoxy) is 1. The lowest BCUT2D eigenvalue weighted by Crippen LogP contribution is -2.14. The molecule has 156 valence electrons. The highest BCUT2D eigenvalue weighted by molar-refractivity contribution is 7.91. The topological polar surface area (TPSA) is 89.5 Å². The summed E-state index contributed by atoms with van der Waals surface area (Å²) in [5, 5.41) is 2.75. The maximum atomic E-state index is 12.7. The van der Waals surface area contributed by atoms with Gasteiger partial charge in [-0.25, -0.2) is 13.2 Å². The first kappa shape index (κ1) is 21.7. The van der Waals surface area contributed by atoms with Crippen molar-refractivity contribution in [1.82, 2.24) is 0 Å². The third kappa shape index (κ3) is 4.77. The molecule has 0 unspecified atom stereocenters. The molecule has 0 atom stereocenters. The number of esters is 1. The Kier molecular flexibility index (Phi) is 6.69. The van der Waals surface area contributed by atoms with Crippen molar-refractivity contribution >= 4 is 38.7 Å². The van der Waals surface area contributed by atoms with Gasteiger partial charge in [-0.2, -0.15) is 0 Å². The molecule has 0 spiro atoms. The van der Waals surface area contributed by atoms with Gasteiger partial charge < -0.3 is 10.1 Å². The van der Waals surface area contributed by atoms with Gasteiger partial charge >= 0.3 is 5.97 Å². The van der Waals surface area contributed by atoms with Gasteiger partial charge in [0.2, 0.25) is 0 Å². The second-order valence-corrected chi connectivity index (χ2v) is 9.65. The Morgan fingerprint density at radius 2 is 1.67 bits per heavy atom. The average Bonchev–Trinajstić information content (AvgIpc) is 3.18. The van der Waals surface area contributed by atoms with Gasteiger partial charge in [-0.15, -0.1) is 11.3 Å². The molecule has 0 radical (unpaired) electrons. The third-order valence-corrected chi connectivity index (χ3v) is 7.27. The molecule has 6 nitrogen and oxygen atoms in total. The predicted molar refractivity (Wildman–Crippen MR) is 118 cm³/mol. The molecule has 0 saturated carbocycles. The molecule has 1 aromatic heterocycles. The highest BCUT2D eigenvalue weighted by Crippen LogP contribution is 2.35. The highest BCUT2D eigenvalue weighted by Gasteiger charge is 2.21. The second-order valence-electron chi connectivity index (χ2n) is 6.32. The zero-order chi connectivity index (χ0) is 21.7. The van der Waals surface area contributed by atoms with Gasteiger partial charge in [0.25, 0.3) is 5.91 Å². The lowest BCUT2D eigenvalue weighted by atomic mass is 10.2. The number of carbonyl (C=O) groups excluding carboxylic acids is 2. The molecule has 1 amide bonds. The average molecular weight is 444 g/mol. The van der Waals surface area contributed by atoms with Crippen LogP contribution in [-0.2, 0) is 14.6 Å². The Hall–Kier alpha value is -2.97. The minimum absolute atomic E-state index is 0.0153. The molecule has 1 N–H and O–H groups in total. The molecule has 2 aromatic carbocycles. The normalized spacial score (nSPS) is 11.1. The van der Waals surface area contributed by atoms with E-state index in [9.17, 15) is 18.0 Å². The largest absolute Gasteiger partial charge is 0.462 e. The summed E-state index contributed by atoms with van der Waals surface area (Å²) in [6.07, 6.45) is 0. The van der Waals surface area contributed by atoms with Crippen molar-refractivity contribution in [1.29, 1.82) is 0 Å². The molecular weight excluding hydrogens is 422 g/mol. The van der Waals surface area contributed by atoms with Crippen molar-refractivity contribution in [3.63, 3.8) is 0 Å². The fourth-order valence-corrected chi connectivity index (χ4v) is 4.65. The Bertz CT molecular complexity index is 1150. The summed E-state index contributed by atoms with van der Waals surface area (Å²) < 4.78 is 29.0. The van der Waals surface area contributed by atoms with Crippen LogP contribution >= 0.6 is 11.3 Å². The summed E-state index contributed by atoms with van der Waals surface area (Å²) in [6.45, 7) is 3.50. The van der Waals surface area contributed by atoms with Gasteiger partial charge in [0.05, 0.1) is 22.9 Å². The summed E-state index contributed by atoms with van der Waals surface area (Å²) >= 11 is 1.24. The van der Waals surface area contributed by atoms with Crippen LogP contribution in [0.25, 0.3) is 10.4 Å². The standard InChI is InChI=1S/C22H21NO5S2/c1-3-28-22(25)20-18(14-19(29-20)15-8-6-5-7-9-15)23-21(24)16-10-12-17(13-11-16)30(26,27)4-2/h5-14H,3-4H2,1-2H3,(H,23,24). The summed E-state index contributed by atoms with van der Waals surface area (Å²) in [5.41, 5.74) is 1.56. The molecule has 1 heterocycles. The van der Waals surface area contributed by atoms with E-state index in [2.05, 4.69) is 5.32 Å². The number of hydrogen-bond acceptors (Lipinski definition) is 6. The Morgan fingerprint density at radius 1 is 1.00 bits per heavy atom. The van der Waals surface area contributed by atoms with Crippen LogP contribution < -0.4 is 5.32 Å². The van der Waals surface area contributed by atoms with Crippen molar-refractivity contribution in [3.8, 4) is 10.4 Å². The van der Waals surface area contributed by atoms with Crippen LogP contribution in [-0.4, -0.2) is 32.7 Å². The SMILES string of the molecule is CCOC(=O)c1sc(-c2ccccc2)cc1NC(=O)c1ccc(S(=O)(=O)CC)cc1. The van der Waals surface area contributed by atoms with E-state index in [1.807, 2.05) is 30.3 Å². The van der Waals surface area contributed by atoms with E-state index in [1.54, 1.807) is 19.9 Å². The van der Waals surface area contributed by atoms with Crippen LogP contribution in [0, 0.1) is 0 Å². The van der Waals surface area contributed by atoms with E-state index in [-0.39, 0.29) is 22.8 Å². The van der Waals surface area contributed by atoms with Crippen LogP contribution in [0.15, 0.2) is 65.6 Å². The molecule has 3 aromatic rings. The fraction of sp³-hybridized carbons (Fsp3) is 0.182. The molecule has 0 fully saturated rings. The van der Waals surface area contributed by atoms with Gasteiger partial charge in [-0.05, 0) is 42.8 Å². The first-order chi connectivity index (χ1) is 14.4. The van der Waals surface area contributed by atoms with Crippen LogP contribution in [0.2, 0.25) is 0 Å². The third-order valence-electron chi connectivity index (χ3n) is 4.36. The molecule has 0 saturated heterocycles. The quantitative estimate of drug-likeness (QED) is 0.538. The Labute approximate surface area is 179 Å². The van der Waals surface area contributed by atoms with E-state index in [0.717, 1.165) is 10.4 Å². The molecular formula is C22H21NO5S2. The first-order valence-corrected chi connectivity index (χ1v) is 11.8. The van der Waals surface area contributed by atoms with Gasteiger partial charge in [0.1, 0.15) is 4.88 Å². The number of anilines is 1. The summed E-state index contributed by atoms with van der Waals surface area (Å²) in [6, 6.07) is 17.0. The number of nitrogens with one attached hydrogen (secondary N) is 1. The van der Waals surface area contributed by atoms with Crippen molar-refractivity contribution in [2.75, 3.05) is 17.7 Å². The number of rotatable bonds is 7. The Balaban J connectivity index is 1.90. The number of thiophene rings is 1. The number of benzene rings is 2. The first-order valence-electron chi connectivity index (χ1n) is 9.36. The van der Waals surface area contributed by atoms with Crippen molar-refractivity contribution < 1.29 is 22.7 Å². The molecule has 30 heavy (non-hydrogen) atoms. The number of amides is 1. The molecule has 0 aliphatic rings. The molecule has 0 aliphatic carbocycles. The monoisotopic (exact) mass is 443 g/mol. The Morgan fingerprint density at radius 3 is 2.27 bits per heavy atom. The minimum atomic E-state index is -3.34.